The Balaban J connectivity index is 1.92. The lowest BCUT2D eigenvalue weighted by atomic mass is 9.93. The fourth-order valence-electron chi connectivity index (χ4n) is 2.77. The second-order valence-corrected chi connectivity index (χ2v) is 5.39. The van der Waals surface area contributed by atoms with E-state index in [2.05, 4.69) is 4.90 Å². The van der Waals surface area contributed by atoms with Crippen molar-refractivity contribution in [1.82, 2.24) is 4.90 Å². The topological polar surface area (TPSA) is 40.5 Å². The van der Waals surface area contributed by atoms with E-state index in [1.807, 2.05) is 0 Å². The Bertz CT molecular complexity index is 479. The highest BCUT2D eigenvalue weighted by Crippen LogP contribution is 2.23. The first-order valence-corrected chi connectivity index (χ1v) is 6.93. The number of halogens is 2. The minimum Gasteiger partial charge on any atom is -0.481 e. The quantitative estimate of drug-likeness (QED) is 0.903. The Morgan fingerprint density at radius 1 is 1.40 bits per heavy atom. The molecule has 110 valence electrons. The number of nitrogens with zero attached hydrogens (tertiary/aromatic N) is 1. The van der Waals surface area contributed by atoms with Crippen LogP contribution in [0.2, 0.25) is 0 Å². The average molecular weight is 283 g/mol. The molecule has 1 aromatic rings. The predicted octanol–water partition coefficient (Wildman–Crippen LogP) is 3.04. The van der Waals surface area contributed by atoms with Gasteiger partial charge in [-0.15, -0.1) is 0 Å². The summed E-state index contributed by atoms with van der Waals surface area (Å²) >= 11 is 0. The summed E-state index contributed by atoms with van der Waals surface area (Å²) < 4.78 is 26.8. The monoisotopic (exact) mass is 283 g/mol. The average Bonchev–Trinajstić information content (AvgIpc) is 2.42. The molecule has 1 atom stereocenters. The van der Waals surface area contributed by atoms with Gasteiger partial charge in [-0.05, 0) is 37.8 Å². The van der Waals surface area contributed by atoms with Crippen LogP contribution in [0.25, 0.3) is 0 Å². The molecule has 1 aliphatic heterocycles. The van der Waals surface area contributed by atoms with Crippen molar-refractivity contribution in [2.24, 2.45) is 5.92 Å². The van der Waals surface area contributed by atoms with Gasteiger partial charge in [0.05, 0.1) is 0 Å². The molecule has 20 heavy (non-hydrogen) atoms. The lowest BCUT2D eigenvalue weighted by Gasteiger charge is -2.32. The van der Waals surface area contributed by atoms with Gasteiger partial charge >= 0.3 is 5.97 Å². The fraction of sp³-hybridized carbons (Fsp3) is 0.533. The molecule has 0 aromatic heterocycles. The summed E-state index contributed by atoms with van der Waals surface area (Å²) in [5, 5.41) is 8.71. The molecule has 3 nitrogen and oxygen atoms in total. The van der Waals surface area contributed by atoms with E-state index in [9.17, 15) is 13.6 Å². The van der Waals surface area contributed by atoms with Crippen LogP contribution in [0.5, 0.6) is 0 Å². The third-order valence-corrected chi connectivity index (χ3v) is 3.80. The molecular weight excluding hydrogens is 264 g/mol. The Kier molecular flexibility index (Phi) is 5.06. The predicted molar refractivity (Wildman–Crippen MR) is 71.2 cm³/mol. The van der Waals surface area contributed by atoms with Gasteiger partial charge in [-0.2, -0.15) is 0 Å². The summed E-state index contributed by atoms with van der Waals surface area (Å²) in [5.41, 5.74) is 0.365. The molecule has 5 heteroatoms. The normalized spacial score (nSPS) is 20.0. The van der Waals surface area contributed by atoms with E-state index in [0.29, 0.717) is 24.4 Å². The second kappa shape index (κ2) is 6.79. The fourth-order valence-corrected chi connectivity index (χ4v) is 2.77. The first-order chi connectivity index (χ1) is 9.56. The zero-order valence-corrected chi connectivity index (χ0v) is 11.3. The van der Waals surface area contributed by atoms with Gasteiger partial charge in [0, 0.05) is 25.1 Å². The van der Waals surface area contributed by atoms with Crippen LogP contribution in [0.1, 0.15) is 31.2 Å². The molecule has 0 saturated carbocycles. The molecule has 1 aliphatic rings. The second-order valence-electron chi connectivity index (χ2n) is 5.39. The molecule has 2 rings (SSSR count). The van der Waals surface area contributed by atoms with E-state index in [1.165, 1.54) is 6.07 Å². The van der Waals surface area contributed by atoms with Crippen LogP contribution in [-0.2, 0) is 11.3 Å². The maximum atomic E-state index is 13.6. The lowest BCUT2D eigenvalue weighted by molar-refractivity contribution is -0.137. The SMILES string of the molecule is O=C(O)CCC1CCCN(Cc2cccc(F)c2F)C1. The van der Waals surface area contributed by atoms with Gasteiger partial charge < -0.3 is 5.11 Å². The summed E-state index contributed by atoms with van der Waals surface area (Å²) in [6.07, 6.45) is 2.81. The van der Waals surface area contributed by atoms with Crippen molar-refractivity contribution in [3.05, 3.63) is 35.4 Å². The summed E-state index contributed by atoms with van der Waals surface area (Å²) in [4.78, 5) is 12.7. The van der Waals surface area contributed by atoms with E-state index in [4.69, 9.17) is 5.11 Å². The molecule has 1 heterocycles. The van der Waals surface area contributed by atoms with E-state index >= 15 is 0 Å². The number of piperidine rings is 1. The van der Waals surface area contributed by atoms with E-state index in [1.54, 1.807) is 6.07 Å². The Hall–Kier alpha value is -1.49. The van der Waals surface area contributed by atoms with Gasteiger partial charge in [-0.25, -0.2) is 8.78 Å². The Morgan fingerprint density at radius 2 is 2.20 bits per heavy atom. The molecule has 0 spiro atoms. The standard InChI is InChI=1S/C15H19F2NO2/c16-13-5-1-4-12(15(13)17)10-18-8-2-3-11(9-18)6-7-14(19)20/h1,4-5,11H,2-3,6-10H2,(H,19,20). The molecule has 1 fully saturated rings. The van der Waals surface area contributed by atoms with Gasteiger partial charge in [-0.3, -0.25) is 9.69 Å². The number of benzene rings is 1. The third kappa shape index (κ3) is 4.00. The van der Waals surface area contributed by atoms with E-state index < -0.39 is 17.6 Å². The van der Waals surface area contributed by atoms with E-state index in [0.717, 1.165) is 32.0 Å². The van der Waals surface area contributed by atoms with Crippen molar-refractivity contribution in [2.45, 2.75) is 32.2 Å². The third-order valence-electron chi connectivity index (χ3n) is 3.80. The van der Waals surface area contributed by atoms with Crippen molar-refractivity contribution in [2.75, 3.05) is 13.1 Å². The molecular formula is C15H19F2NO2. The molecule has 0 aliphatic carbocycles. The molecule has 0 amide bonds. The summed E-state index contributed by atoms with van der Waals surface area (Å²) in [5.74, 6) is -2.04. The summed E-state index contributed by atoms with van der Waals surface area (Å²) in [6.45, 7) is 1.98. The number of likely N-dealkylation sites (tertiary alicyclic amines) is 1. The summed E-state index contributed by atoms with van der Waals surface area (Å²) in [6, 6.07) is 4.23. The highest BCUT2D eigenvalue weighted by atomic mass is 19.2. The van der Waals surface area contributed by atoms with Crippen molar-refractivity contribution in [3.8, 4) is 0 Å². The van der Waals surface area contributed by atoms with Crippen molar-refractivity contribution in [3.63, 3.8) is 0 Å². The number of carboxylic acids is 1. The minimum atomic E-state index is -0.818. The Labute approximate surface area is 117 Å². The van der Waals surface area contributed by atoms with E-state index in [-0.39, 0.29) is 6.42 Å². The van der Waals surface area contributed by atoms with Crippen LogP contribution in [-0.4, -0.2) is 29.1 Å². The van der Waals surface area contributed by atoms with Crippen molar-refractivity contribution in [1.29, 1.82) is 0 Å². The van der Waals surface area contributed by atoms with Gasteiger partial charge in [-0.1, -0.05) is 12.1 Å². The van der Waals surface area contributed by atoms with Crippen LogP contribution in [0.4, 0.5) is 8.78 Å². The van der Waals surface area contributed by atoms with Crippen LogP contribution < -0.4 is 0 Å². The van der Waals surface area contributed by atoms with Gasteiger partial charge in [0.1, 0.15) is 0 Å². The molecule has 1 aromatic carbocycles. The maximum Gasteiger partial charge on any atom is 0.303 e. The highest BCUT2D eigenvalue weighted by Gasteiger charge is 2.21. The minimum absolute atomic E-state index is 0.173. The molecule has 0 bridgehead atoms. The summed E-state index contributed by atoms with van der Waals surface area (Å²) in [7, 11) is 0. The first-order valence-electron chi connectivity index (χ1n) is 6.93. The maximum absolute atomic E-state index is 13.6. The Morgan fingerprint density at radius 3 is 2.95 bits per heavy atom. The van der Waals surface area contributed by atoms with Gasteiger partial charge in [0.15, 0.2) is 11.6 Å². The van der Waals surface area contributed by atoms with Crippen LogP contribution in [0.15, 0.2) is 18.2 Å². The number of carboxylic acid groups (broad SMARTS) is 1. The number of carbonyl (C=O) groups is 1. The van der Waals surface area contributed by atoms with Crippen LogP contribution in [0, 0.1) is 17.6 Å². The van der Waals surface area contributed by atoms with Crippen molar-refractivity contribution < 1.29 is 18.7 Å². The van der Waals surface area contributed by atoms with Crippen LogP contribution >= 0.6 is 0 Å². The smallest absolute Gasteiger partial charge is 0.303 e. The van der Waals surface area contributed by atoms with Gasteiger partial charge in [0.25, 0.3) is 0 Å². The van der Waals surface area contributed by atoms with Gasteiger partial charge in [0.2, 0.25) is 0 Å². The molecule has 1 unspecified atom stereocenters. The molecule has 1 N–H and O–H groups in total. The number of hydrogen-bond acceptors (Lipinski definition) is 2. The molecule has 0 radical (unpaired) electrons. The zero-order chi connectivity index (χ0) is 14.5. The lowest BCUT2D eigenvalue weighted by Crippen LogP contribution is -2.35. The highest BCUT2D eigenvalue weighted by molar-refractivity contribution is 5.66. The first kappa shape index (κ1) is 14.9. The number of aliphatic carboxylic acids is 1. The number of rotatable bonds is 5. The zero-order valence-electron chi connectivity index (χ0n) is 11.3. The number of hydrogen-bond donors (Lipinski definition) is 1. The largest absolute Gasteiger partial charge is 0.481 e. The molecule has 1 saturated heterocycles. The van der Waals surface area contributed by atoms with Crippen LogP contribution in [0.3, 0.4) is 0 Å². The van der Waals surface area contributed by atoms with Crippen molar-refractivity contribution >= 4 is 5.97 Å².